The molecule has 0 saturated heterocycles. The smallest absolute Gasteiger partial charge is 0.276 e. The molecule has 0 bridgehead atoms. The van der Waals surface area contributed by atoms with Crippen molar-refractivity contribution in [3.63, 3.8) is 0 Å². The van der Waals surface area contributed by atoms with Crippen LogP contribution in [0.3, 0.4) is 0 Å². The molecule has 0 spiro atoms. The molecule has 2 aromatic carbocycles. The fraction of sp³-hybridized carbons (Fsp3) is 0.125. The monoisotopic (exact) mass is 326 g/mol. The Kier molecular flexibility index (Phi) is 3.87. The van der Waals surface area contributed by atoms with Gasteiger partial charge in [-0.25, -0.2) is 0 Å². The second-order valence-corrected chi connectivity index (χ2v) is 5.22. The molecule has 3 rings (SSSR count). The fourth-order valence-corrected chi connectivity index (χ4v) is 2.39. The number of hydrogen-bond donors (Lipinski definition) is 2. The van der Waals surface area contributed by atoms with Gasteiger partial charge in [0.25, 0.3) is 11.6 Å². The van der Waals surface area contributed by atoms with Gasteiger partial charge in [-0.05, 0) is 30.7 Å². The van der Waals surface area contributed by atoms with Crippen molar-refractivity contribution in [2.45, 2.75) is 6.92 Å². The van der Waals surface area contributed by atoms with E-state index in [1.54, 1.807) is 12.1 Å². The van der Waals surface area contributed by atoms with Crippen LogP contribution in [0.4, 0.5) is 11.4 Å². The highest BCUT2D eigenvalue weighted by atomic mass is 16.6. The minimum absolute atomic E-state index is 0.0808. The Balaban J connectivity index is 1.99. The van der Waals surface area contributed by atoms with E-state index in [0.717, 1.165) is 5.56 Å². The molecule has 0 fully saturated rings. The molecule has 1 amide bonds. The summed E-state index contributed by atoms with van der Waals surface area (Å²) in [5, 5.41) is 20.7. The lowest BCUT2D eigenvalue weighted by Crippen LogP contribution is -2.13. The number of methoxy groups -OCH3 is 1. The first-order chi connectivity index (χ1) is 11.5. The number of fused-ring (bicyclic) bond motifs is 1. The summed E-state index contributed by atoms with van der Waals surface area (Å²) in [6, 6.07) is 9.58. The van der Waals surface area contributed by atoms with Crippen molar-refractivity contribution in [2.75, 3.05) is 12.4 Å². The molecule has 0 unspecified atom stereocenters. The number of carbonyl (C=O) groups excluding carboxylic acids is 1. The summed E-state index contributed by atoms with van der Waals surface area (Å²) in [5.74, 6) is 0.0328. The average Bonchev–Trinajstić information content (AvgIpc) is 2.98. The van der Waals surface area contributed by atoms with Gasteiger partial charge in [0.1, 0.15) is 5.75 Å². The fourth-order valence-electron chi connectivity index (χ4n) is 2.39. The number of nitro benzene ring substituents is 1. The highest BCUT2D eigenvalue weighted by Crippen LogP contribution is 2.27. The normalized spacial score (nSPS) is 10.6. The summed E-state index contributed by atoms with van der Waals surface area (Å²) in [6.45, 7) is 1.89. The van der Waals surface area contributed by atoms with E-state index in [1.165, 1.54) is 25.3 Å². The minimum atomic E-state index is -0.516. The van der Waals surface area contributed by atoms with Gasteiger partial charge in [-0.3, -0.25) is 20.0 Å². The molecular formula is C16H14N4O4. The Morgan fingerprint density at radius 1 is 1.29 bits per heavy atom. The number of anilines is 1. The van der Waals surface area contributed by atoms with Gasteiger partial charge >= 0.3 is 0 Å². The maximum atomic E-state index is 12.5. The summed E-state index contributed by atoms with van der Waals surface area (Å²) >= 11 is 0. The van der Waals surface area contributed by atoms with Gasteiger partial charge in [-0.1, -0.05) is 6.07 Å². The van der Waals surface area contributed by atoms with Gasteiger partial charge in [-0.15, -0.1) is 0 Å². The van der Waals surface area contributed by atoms with Crippen LogP contribution >= 0.6 is 0 Å². The van der Waals surface area contributed by atoms with Crippen molar-refractivity contribution in [3.05, 3.63) is 57.8 Å². The Labute approximate surface area is 136 Å². The van der Waals surface area contributed by atoms with Gasteiger partial charge in [0.05, 0.1) is 23.2 Å². The van der Waals surface area contributed by atoms with Crippen molar-refractivity contribution in [1.82, 2.24) is 10.2 Å². The molecule has 3 aromatic rings. The summed E-state index contributed by atoms with van der Waals surface area (Å²) < 4.78 is 5.22. The molecule has 0 aliphatic carbocycles. The van der Waals surface area contributed by atoms with Crippen molar-refractivity contribution in [3.8, 4) is 5.75 Å². The van der Waals surface area contributed by atoms with Crippen molar-refractivity contribution >= 4 is 28.2 Å². The number of H-pyrrole nitrogens is 1. The predicted octanol–water partition coefficient (Wildman–Crippen LogP) is 3.04. The number of amides is 1. The van der Waals surface area contributed by atoms with Crippen LogP contribution in [-0.2, 0) is 0 Å². The van der Waals surface area contributed by atoms with E-state index in [4.69, 9.17) is 4.74 Å². The first-order valence-electron chi connectivity index (χ1n) is 7.08. The van der Waals surface area contributed by atoms with Crippen LogP contribution in [0.5, 0.6) is 5.75 Å². The summed E-state index contributed by atoms with van der Waals surface area (Å²) in [6.07, 6.45) is 0. The number of nitrogens with one attached hydrogen (secondary N) is 2. The first-order valence-corrected chi connectivity index (χ1v) is 7.08. The van der Waals surface area contributed by atoms with Crippen LogP contribution < -0.4 is 10.1 Å². The third-order valence-electron chi connectivity index (χ3n) is 3.58. The van der Waals surface area contributed by atoms with Crippen molar-refractivity contribution in [2.24, 2.45) is 0 Å². The predicted molar refractivity (Wildman–Crippen MR) is 88.4 cm³/mol. The zero-order valence-electron chi connectivity index (χ0n) is 13.0. The molecule has 0 radical (unpaired) electrons. The maximum absolute atomic E-state index is 12.5. The lowest BCUT2D eigenvalue weighted by atomic mass is 10.1. The van der Waals surface area contributed by atoms with E-state index in [1.807, 2.05) is 13.0 Å². The lowest BCUT2D eigenvalue weighted by molar-refractivity contribution is -0.384. The Bertz CT molecular complexity index is 948. The Hall–Kier alpha value is -3.42. The molecule has 24 heavy (non-hydrogen) atoms. The average molecular weight is 326 g/mol. The van der Waals surface area contributed by atoms with Gasteiger partial charge < -0.3 is 10.1 Å². The molecule has 122 valence electrons. The molecular weight excluding hydrogens is 312 g/mol. The van der Waals surface area contributed by atoms with E-state index in [-0.39, 0.29) is 11.4 Å². The molecule has 0 saturated carbocycles. The van der Waals surface area contributed by atoms with Crippen molar-refractivity contribution < 1.29 is 14.5 Å². The van der Waals surface area contributed by atoms with E-state index >= 15 is 0 Å². The number of aromatic amines is 1. The number of nitrogens with zero attached hydrogens (tertiary/aromatic N) is 2. The van der Waals surface area contributed by atoms with Gasteiger partial charge in [-0.2, -0.15) is 5.10 Å². The standard InChI is InChI=1S/C16H14N4O4/c1-9-3-6-14(24-2)13(7-9)17-16(21)15-11-8-10(20(22)23)4-5-12(11)18-19-15/h3-8H,1-2H3,(H,17,21)(H,18,19). The molecule has 2 N–H and O–H groups in total. The zero-order chi connectivity index (χ0) is 17.3. The van der Waals surface area contributed by atoms with Crippen LogP contribution in [0.25, 0.3) is 10.9 Å². The molecule has 0 aliphatic heterocycles. The number of benzene rings is 2. The van der Waals surface area contributed by atoms with Crippen LogP contribution in [0.15, 0.2) is 36.4 Å². The van der Waals surface area contributed by atoms with Gasteiger partial charge in [0, 0.05) is 17.5 Å². The Morgan fingerprint density at radius 3 is 2.79 bits per heavy atom. The second kappa shape index (κ2) is 5.99. The molecule has 8 heteroatoms. The SMILES string of the molecule is COc1ccc(C)cc1NC(=O)c1n[nH]c2ccc([N+](=O)[O-])cc12. The maximum Gasteiger partial charge on any atom is 0.276 e. The van der Waals surface area contributed by atoms with Gasteiger partial charge in [0.15, 0.2) is 5.69 Å². The largest absolute Gasteiger partial charge is 0.495 e. The number of aromatic nitrogens is 2. The summed E-state index contributed by atoms with van der Waals surface area (Å²) in [7, 11) is 1.51. The zero-order valence-corrected chi connectivity index (χ0v) is 13.0. The quantitative estimate of drug-likeness (QED) is 0.565. The first kappa shape index (κ1) is 15.5. The number of aryl methyl sites for hydroxylation is 1. The molecule has 0 aliphatic rings. The number of non-ortho nitro benzene ring substituents is 1. The summed E-state index contributed by atoms with van der Waals surface area (Å²) in [5.41, 5.74) is 1.98. The molecule has 0 atom stereocenters. The van der Waals surface area contributed by atoms with E-state index in [0.29, 0.717) is 22.3 Å². The highest BCUT2D eigenvalue weighted by Gasteiger charge is 2.18. The van der Waals surface area contributed by atoms with Crippen LogP contribution in [0, 0.1) is 17.0 Å². The highest BCUT2D eigenvalue weighted by molar-refractivity contribution is 6.11. The number of nitro groups is 1. The van der Waals surface area contributed by atoms with E-state index in [9.17, 15) is 14.9 Å². The number of hydrogen-bond acceptors (Lipinski definition) is 5. The van der Waals surface area contributed by atoms with Crippen LogP contribution in [0.2, 0.25) is 0 Å². The van der Waals surface area contributed by atoms with Crippen LogP contribution in [-0.4, -0.2) is 28.1 Å². The van der Waals surface area contributed by atoms with Gasteiger partial charge in [0.2, 0.25) is 0 Å². The molecule has 1 aromatic heterocycles. The minimum Gasteiger partial charge on any atom is -0.495 e. The number of carbonyl (C=O) groups is 1. The van der Waals surface area contributed by atoms with E-state index < -0.39 is 10.8 Å². The number of ether oxygens (including phenoxy) is 1. The van der Waals surface area contributed by atoms with Crippen molar-refractivity contribution in [1.29, 1.82) is 0 Å². The Morgan fingerprint density at radius 2 is 2.08 bits per heavy atom. The molecule has 8 nitrogen and oxygen atoms in total. The lowest BCUT2D eigenvalue weighted by Gasteiger charge is -2.10. The van der Waals surface area contributed by atoms with Crippen LogP contribution in [0.1, 0.15) is 16.1 Å². The third kappa shape index (κ3) is 2.76. The van der Waals surface area contributed by atoms with E-state index in [2.05, 4.69) is 15.5 Å². The third-order valence-corrected chi connectivity index (χ3v) is 3.58. The molecule has 1 heterocycles. The number of rotatable bonds is 4. The topological polar surface area (TPSA) is 110 Å². The summed E-state index contributed by atoms with van der Waals surface area (Å²) in [4.78, 5) is 22.9. The second-order valence-electron chi connectivity index (χ2n) is 5.22.